The molecule has 0 aromatic carbocycles. The molecular weight excluding hydrogens is 312 g/mol. The Morgan fingerprint density at radius 3 is 3.13 bits per heavy atom. The summed E-state index contributed by atoms with van der Waals surface area (Å²) in [5.74, 6) is 0.756. The van der Waals surface area contributed by atoms with Gasteiger partial charge in [-0.05, 0) is 43.7 Å². The van der Waals surface area contributed by atoms with Gasteiger partial charge in [-0.15, -0.1) is 21.5 Å². The number of ether oxygens (including phenoxy) is 1. The van der Waals surface area contributed by atoms with Gasteiger partial charge in [0.1, 0.15) is 6.33 Å². The molecule has 0 saturated heterocycles. The highest BCUT2D eigenvalue weighted by Crippen LogP contribution is 2.29. The molecule has 0 radical (unpaired) electrons. The number of carbonyl (C=O) groups excluding carboxylic acids is 1. The highest BCUT2D eigenvalue weighted by molar-refractivity contribution is 7.14. The van der Waals surface area contributed by atoms with Crippen molar-refractivity contribution in [2.24, 2.45) is 0 Å². The van der Waals surface area contributed by atoms with Crippen LogP contribution in [0.2, 0.25) is 0 Å². The van der Waals surface area contributed by atoms with Gasteiger partial charge in [0.2, 0.25) is 0 Å². The van der Waals surface area contributed by atoms with Crippen LogP contribution in [-0.4, -0.2) is 34.4 Å². The molecule has 1 aliphatic rings. The minimum absolute atomic E-state index is 0.0177. The number of hydrogen-bond acceptors (Lipinski definition) is 5. The molecule has 0 bridgehead atoms. The summed E-state index contributed by atoms with van der Waals surface area (Å²) in [5, 5.41) is 11.0. The first-order valence-electron chi connectivity index (χ1n) is 8.03. The Morgan fingerprint density at radius 1 is 1.43 bits per heavy atom. The molecule has 124 valence electrons. The molecule has 0 atom stereocenters. The zero-order valence-corrected chi connectivity index (χ0v) is 14.2. The van der Waals surface area contributed by atoms with E-state index >= 15 is 0 Å². The maximum absolute atomic E-state index is 12.4. The summed E-state index contributed by atoms with van der Waals surface area (Å²) in [7, 11) is 1.69. The molecule has 2 aromatic rings. The van der Waals surface area contributed by atoms with Crippen molar-refractivity contribution in [3.63, 3.8) is 0 Å². The van der Waals surface area contributed by atoms with Crippen LogP contribution >= 0.6 is 11.3 Å². The SMILES string of the molecule is COCCCn1cnnc1CNC(=O)c1cc2c(s1)CCCC2. The van der Waals surface area contributed by atoms with E-state index in [-0.39, 0.29) is 5.91 Å². The molecule has 23 heavy (non-hydrogen) atoms. The summed E-state index contributed by atoms with van der Waals surface area (Å²) in [6.07, 6.45) is 7.27. The molecule has 1 N–H and O–H groups in total. The number of nitrogens with zero attached hydrogens (tertiary/aromatic N) is 3. The monoisotopic (exact) mass is 334 g/mol. The number of fused-ring (bicyclic) bond motifs is 1. The first-order valence-corrected chi connectivity index (χ1v) is 8.85. The van der Waals surface area contributed by atoms with Gasteiger partial charge in [0.15, 0.2) is 5.82 Å². The molecule has 2 heterocycles. The summed E-state index contributed by atoms with van der Waals surface area (Å²) < 4.78 is 7.01. The smallest absolute Gasteiger partial charge is 0.261 e. The van der Waals surface area contributed by atoms with E-state index in [1.165, 1.54) is 23.3 Å². The van der Waals surface area contributed by atoms with E-state index in [2.05, 4.69) is 21.6 Å². The van der Waals surface area contributed by atoms with Gasteiger partial charge in [-0.1, -0.05) is 0 Å². The summed E-state index contributed by atoms with van der Waals surface area (Å²) in [6, 6.07) is 2.05. The van der Waals surface area contributed by atoms with Gasteiger partial charge in [0, 0.05) is 25.1 Å². The van der Waals surface area contributed by atoms with E-state index in [1.54, 1.807) is 24.8 Å². The fraction of sp³-hybridized carbons (Fsp3) is 0.562. The normalized spacial score (nSPS) is 13.8. The highest BCUT2D eigenvalue weighted by Gasteiger charge is 2.17. The molecule has 0 aliphatic heterocycles. The fourth-order valence-corrected chi connectivity index (χ4v) is 4.00. The van der Waals surface area contributed by atoms with Gasteiger partial charge in [0.05, 0.1) is 11.4 Å². The van der Waals surface area contributed by atoms with Crippen LogP contribution in [0.25, 0.3) is 0 Å². The molecule has 0 unspecified atom stereocenters. The molecule has 3 rings (SSSR count). The number of nitrogens with one attached hydrogen (secondary N) is 1. The molecule has 0 fully saturated rings. The zero-order valence-electron chi connectivity index (χ0n) is 13.4. The number of thiophene rings is 1. The van der Waals surface area contributed by atoms with Gasteiger partial charge in [-0.2, -0.15) is 0 Å². The molecule has 7 heteroatoms. The van der Waals surface area contributed by atoms with Crippen LogP contribution in [0.3, 0.4) is 0 Å². The van der Waals surface area contributed by atoms with Gasteiger partial charge >= 0.3 is 0 Å². The lowest BCUT2D eigenvalue weighted by Gasteiger charge is -2.08. The second-order valence-electron chi connectivity index (χ2n) is 5.74. The number of aryl methyl sites for hydroxylation is 3. The lowest BCUT2D eigenvalue weighted by atomic mass is 9.99. The third-order valence-electron chi connectivity index (χ3n) is 4.07. The topological polar surface area (TPSA) is 69.0 Å². The average molecular weight is 334 g/mol. The second kappa shape index (κ2) is 7.70. The van der Waals surface area contributed by atoms with Crippen LogP contribution < -0.4 is 5.32 Å². The fourth-order valence-electron chi connectivity index (χ4n) is 2.83. The van der Waals surface area contributed by atoms with E-state index < -0.39 is 0 Å². The second-order valence-corrected chi connectivity index (χ2v) is 6.87. The molecule has 2 aromatic heterocycles. The summed E-state index contributed by atoms with van der Waals surface area (Å²) >= 11 is 1.63. The summed E-state index contributed by atoms with van der Waals surface area (Å²) in [6.45, 7) is 1.89. The minimum atomic E-state index is -0.0177. The molecule has 1 aliphatic carbocycles. The van der Waals surface area contributed by atoms with Gasteiger partial charge in [-0.25, -0.2) is 0 Å². The molecule has 0 spiro atoms. The van der Waals surface area contributed by atoms with E-state index in [4.69, 9.17) is 4.74 Å². The van der Waals surface area contributed by atoms with Crippen molar-refractivity contribution in [1.29, 1.82) is 0 Å². The Bertz CT molecular complexity index is 641. The Morgan fingerprint density at radius 2 is 2.30 bits per heavy atom. The highest BCUT2D eigenvalue weighted by atomic mass is 32.1. The first-order chi connectivity index (χ1) is 11.3. The lowest BCUT2D eigenvalue weighted by Crippen LogP contribution is -2.24. The van der Waals surface area contributed by atoms with Crippen molar-refractivity contribution >= 4 is 17.2 Å². The van der Waals surface area contributed by atoms with Crippen molar-refractivity contribution in [2.45, 2.75) is 45.2 Å². The maximum Gasteiger partial charge on any atom is 0.261 e. The Balaban J connectivity index is 1.57. The Hall–Kier alpha value is -1.73. The minimum Gasteiger partial charge on any atom is -0.385 e. The Kier molecular flexibility index (Phi) is 5.40. The van der Waals surface area contributed by atoms with Gasteiger partial charge in [-0.3, -0.25) is 4.79 Å². The number of aromatic nitrogens is 3. The molecular formula is C16H22N4O2S. The quantitative estimate of drug-likeness (QED) is 0.788. The number of methoxy groups -OCH3 is 1. The molecule has 0 saturated carbocycles. The van der Waals surface area contributed by atoms with Crippen molar-refractivity contribution < 1.29 is 9.53 Å². The van der Waals surface area contributed by atoms with Crippen LogP contribution in [0.15, 0.2) is 12.4 Å². The van der Waals surface area contributed by atoms with Crippen LogP contribution in [0.5, 0.6) is 0 Å². The summed E-state index contributed by atoms with van der Waals surface area (Å²) in [4.78, 5) is 14.5. The van der Waals surface area contributed by atoms with Crippen molar-refractivity contribution in [2.75, 3.05) is 13.7 Å². The largest absolute Gasteiger partial charge is 0.385 e. The van der Waals surface area contributed by atoms with Crippen LogP contribution in [0.1, 0.15) is 45.2 Å². The van der Waals surface area contributed by atoms with Crippen LogP contribution in [0, 0.1) is 0 Å². The molecule has 6 nitrogen and oxygen atoms in total. The van der Waals surface area contributed by atoms with Crippen molar-refractivity contribution in [3.05, 3.63) is 33.5 Å². The van der Waals surface area contributed by atoms with Gasteiger partial charge < -0.3 is 14.6 Å². The summed E-state index contributed by atoms with van der Waals surface area (Å²) in [5.41, 5.74) is 1.36. The maximum atomic E-state index is 12.4. The van der Waals surface area contributed by atoms with Gasteiger partial charge in [0.25, 0.3) is 5.91 Å². The predicted molar refractivity (Wildman–Crippen MR) is 88.6 cm³/mol. The van der Waals surface area contributed by atoms with Crippen molar-refractivity contribution in [1.82, 2.24) is 20.1 Å². The van der Waals surface area contributed by atoms with Crippen LogP contribution in [0.4, 0.5) is 0 Å². The zero-order chi connectivity index (χ0) is 16.1. The third-order valence-corrected chi connectivity index (χ3v) is 5.31. The van der Waals surface area contributed by atoms with Crippen LogP contribution in [-0.2, 0) is 30.7 Å². The lowest BCUT2D eigenvalue weighted by molar-refractivity contribution is 0.0953. The number of hydrogen-bond donors (Lipinski definition) is 1. The van der Waals surface area contributed by atoms with E-state index in [0.717, 1.165) is 36.5 Å². The van der Waals surface area contributed by atoms with E-state index in [9.17, 15) is 4.79 Å². The number of amides is 1. The van der Waals surface area contributed by atoms with Crippen molar-refractivity contribution in [3.8, 4) is 0 Å². The van der Waals surface area contributed by atoms with E-state index in [0.29, 0.717) is 13.2 Å². The standard InChI is InChI=1S/C16H22N4O2S/c1-22-8-4-7-20-11-18-19-15(20)10-17-16(21)14-9-12-5-2-3-6-13(12)23-14/h9,11H,2-8,10H2,1H3,(H,17,21). The molecule has 1 amide bonds. The van der Waals surface area contributed by atoms with E-state index in [1.807, 2.05) is 4.57 Å². The third kappa shape index (κ3) is 3.97. The first kappa shape index (κ1) is 16.1. The predicted octanol–water partition coefficient (Wildman–Crippen LogP) is 2.18. The average Bonchev–Trinajstić information content (AvgIpc) is 3.19. The Labute approximate surface area is 139 Å². The number of carbonyl (C=O) groups is 1. The number of rotatable bonds is 7.